The first-order valence-corrected chi connectivity index (χ1v) is 11.5. The molecule has 1 aliphatic rings. The lowest BCUT2D eigenvalue weighted by Crippen LogP contribution is -2.44. The van der Waals surface area contributed by atoms with Gasteiger partial charge in [0.25, 0.3) is 0 Å². The number of aromatic nitrogens is 3. The van der Waals surface area contributed by atoms with Crippen molar-refractivity contribution < 1.29 is 14.3 Å². The van der Waals surface area contributed by atoms with Crippen molar-refractivity contribution in [3.63, 3.8) is 0 Å². The molecule has 1 aromatic heterocycles. The predicted octanol–water partition coefficient (Wildman–Crippen LogP) is 1.78. The molecule has 3 N–H and O–H groups in total. The number of aliphatic imine (C=N–C) groups is 1. The van der Waals surface area contributed by atoms with E-state index in [4.69, 9.17) is 10.5 Å². The molecule has 2 heterocycles. The van der Waals surface area contributed by atoms with Crippen LogP contribution in [0.15, 0.2) is 59.6 Å². The van der Waals surface area contributed by atoms with Gasteiger partial charge < -0.3 is 15.4 Å². The van der Waals surface area contributed by atoms with Crippen molar-refractivity contribution in [1.29, 1.82) is 0 Å². The smallest absolute Gasteiger partial charge is 0.239 e. The normalized spacial score (nSPS) is 15.0. The highest BCUT2D eigenvalue weighted by atomic mass is 16.5. The number of carbonyl (C=O) groups excluding carboxylic acids is 2. The van der Waals surface area contributed by atoms with Crippen LogP contribution in [0.3, 0.4) is 0 Å². The second kappa shape index (κ2) is 10.9. The molecular formula is C25H29N7O3. The number of carbonyl (C=O) groups is 2. The fraction of sp³-hybridized carbons (Fsp3) is 0.320. The van der Waals surface area contributed by atoms with Crippen LogP contribution in [-0.4, -0.2) is 70.2 Å². The molecule has 1 saturated heterocycles. The Morgan fingerprint density at radius 3 is 2.54 bits per heavy atom. The molecule has 1 unspecified atom stereocenters. The molecule has 0 bridgehead atoms. The lowest BCUT2D eigenvalue weighted by molar-refractivity contribution is -0.116. The maximum atomic E-state index is 12.9. The van der Waals surface area contributed by atoms with Crippen LogP contribution in [0.25, 0.3) is 0 Å². The van der Waals surface area contributed by atoms with E-state index >= 15 is 0 Å². The van der Waals surface area contributed by atoms with E-state index in [1.807, 2.05) is 66.4 Å². The Morgan fingerprint density at radius 2 is 1.83 bits per heavy atom. The summed E-state index contributed by atoms with van der Waals surface area (Å²) >= 11 is 0. The van der Waals surface area contributed by atoms with E-state index in [1.165, 1.54) is 0 Å². The van der Waals surface area contributed by atoms with Crippen LogP contribution in [-0.2, 0) is 16.6 Å². The monoisotopic (exact) mass is 475 g/mol. The van der Waals surface area contributed by atoms with Gasteiger partial charge >= 0.3 is 0 Å². The van der Waals surface area contributed by atoms with Crippen LogP contribution < -0.4 is 11.1 Å². The molecule has 0 saturated carbocycles. The molecule has 10 heteroatoms. The summed E-state index contributed by atoms with van der Waals surface area (Å²) in [5, 5.41) is 7.78. The molecule has 0 aliphatic carbocycles. The van der Waals surface area contributed by atoms with E-state index in [0.29, 0.717) is 55.2 Å². The van der Waals surface area contributed by atoms with Crippen molar-refractivity contribution in [3.8, 4) is 0 Å². The summed E-state index contributed by atoms with van der Waals surface area (Å²) in [7, 11) is 1.78. The molecule has 4 rings (SSSR count). The predicted molar refractivity (Wildman–Crippen MR) is 132 cm³/mol. The Balaban J connectivity index is 1.55. The number of morpholine rings is 1. The number of nitrogens with zero attached hydrogens (tertiary/aromatic N) is 5. The average molecular weight is 476 g/mol. The van der Waals surface area contributed by atoms with Gasteiger partial charge in [-0.1, -0.05) is 55.5 Å². The van der Waals surface area contributed by atoms with E-state index in [-0.39, 0.29) is 18.2 Å². The van der Waals surface area contributed by atoms with Crippen molar-refractivity contribution in [2.75, 3.05) is 38.2 Å². The summed E-state index contributed by atoms with van der Waals surface area (Å²) in [6.45, 7) is 4.26. The summed E-state index contributed by atoms with van der Waals surface area (Å²) in [5.74, 6) is 0.868. The molecule has 1 amide bonds. The van der Waals surface area contributed by atoms with Crippen LogP contribution in [0.5, 0.6) is 0 Å². The van der Waals surface area contributed by atoms with E-state index in [2.05, 4.69) is 20.4 Å². The molecule has 0 radical (unpaired) electrons. The minimum absolute atomic E-state index is 0.0307. The number of benzene rings is 2. The number of aryl methyl sites for hydroxylation is 1. The van der Waals surface area contributed by atoms with E-state index < -0.39 is 5.91 Å². The number of ketones is 1. The van der Waals surface area contributed by atoms with Crippen molar-refractivity contribution in [2.45, 2.75) is 12.8 Å². The molecule has 1 fully saturated rings. The van der Waals surface area contributed by atoms with Gasteiger partial charge in [0, 0.05) is 37.2 Å². The van der Waals surface area contributed by atoms with Gasteiger partial charge in [0.1, 0.15) is 6.54 Å². The molecule has 3 aromatic rings. The number of guanidine groups is 1. The number of primary amides is 1. The van der Waals surface area contributed by atoms with Crippen LogP contribution >= 0.6 is 0 Å². The second-order valence-corrected chi connectivity index (χ2v) is 8.29. The van der Waals surface area contributed by atoms with Gasteiger partial charge in [-0.25, -0.2) is 9.67 Å². The highest BCUT2D eigenvalue weighted by Gasteiger charge is 2.21. The van der Waals surface area contributed by atoms with Gasteiger partial charge in [-0.2, -0.15) is 10.1 Å². The quantitative estimate of drug-likeness (QED) is 0.303. The van der Waals surface area contributed by atoms with Crippen molar-refractivity contribution in [2.24, 2.45) is 17.8 Å². The van der Waals surface area contributed by atoms with Crippen molar-refractivity contribution in [3.05, 3.63) is 77.1 Å². The first kappa shape index (κ1) is 24.1. The Bertz CT molecular complexity index is 1220. The zero-order valence-corrected chi connectivity index (χ0v) is 19.8. The minimum atomic E-state index is -0.519. The number of anilines is 1. The summed E-state index contributed by atoms with van der Waals surface area (Å²) in [6.07, 6.45) is 0. The lowest BCUT2D eigenvalue weighted by atomic mass is 9.95. The molecule has 1 aliphatic heterocycles. The fourth-order valence-corrected chi connectivity index (χ4v) is 3.80. The average Bonchev–Trinajstić information content (AvgIpc) is 3.26. The number of hydrogen-bond donors (Lipinski definition) is 2. The highest BCUT2D eigenvalue weighted by molar-refractivity contribution is 6.09. The number of nitrogens with two attached hydrogens (primary N) is 1. The van der Waals surface area contributed by atoms with Gasteiger partial charge in [-0.15, -0.1) is 0 Å². The molecule has 1 atom stereocenters. The molecular weight excluding hydrogens is 446 g/mol. The summed E-state index contributed by atoms with van der Waals surface area (Å²) in [5.41, 5.74) is 7.49. The maximum Gasteiger partial charge on any atom is 0.239 e. The van der Waals surface area contributed by atoms with E-state index in [9.17, 15) is 9.59 Å². The summed E-state index contributed by atoms with van der Waals surface area (Å²) in [4.78, 5) is 35.2. The Morgan fingerprint density at radius 1 is 1.11 bits per heavy atom. The highest BCUT2D eigenvalue weighted by Crippen LogP contribution is 2.24. The Hall–Kier alpha value is -4.05. The molecule has 2 aromatic carbocycles. The first-order chi connectivity index (χ1) is 16.9. The van der Waals surface area contributed by atoms with Crippen LogP contribution in [0, 0.1) is 0 Å². The first-order valence-electron chi connectivity index (χ1n) is 11.5. The number of ether oxygens (including phenoxy) is 1. The SMILES string of the molecule is CC(c1cccc(C(=O)c2ccccc2)c1)c1nc(NC(=NCC(N)=O)N2CCOCC2)n(C)n1. The van der Waals surface area contributed by atoms with Gasteiger partial charge in [-0.3, -0.25) is 14.9 Å². The third kappa shape index (κ3) is 5.90. The van der Waals surface area contributed by atoms with E-state index in [1.54, 1.807) is 11.7 Å². The maximum absolute atomic E-state index is 12.9. The topological polar surface area (TPSA) is 128 Å². The number of nitrogens with one attached hydrogen (secondary N) is 1. The second-order valence-electron chi connectivity index (χ2n) is 8.29. The Labute approximate surface area is 203 Å². The molecule has 35 heavy (non-hydrogen) atoms. The van der Waals surface area contributed by atoms with Gasteiger partial charge in [0.2, 0.25) is 17.8 Å². The number of amides is 1. The largest absolute Gasteiger partial charge is 0.378 e. The standard InChI is InChI=1S/C25H29N7O3/c1-17(19-9-6-10-20(15-19)22(34)18-7-4-3-5-8-18)23-28-25(31(2)30-23)29-24(27-16-21(26)33)32-11-13-35-14-12-32/h3-10,15,17H,11-14,16H2,1-2H3,(H2,26,33)(H,27,28,29,30). The molecule has 0 spiro atoms. The minimum Gasteiger partial charge on any atom is -0.378 e. The zero-order chi connectivity index (χ0) is 24.8. The van der Waals surface area contributed by atoms with Gasteiger partial charge in [-0.05, 0) is 11.6 Å². The van der Waals surface area contributed by atoms with Crippen LogP contribution in [0.1, 0.15) is 40.2 Å². The molecule has 10 nitrogen and oxygen atoms in total. The summed E-state index contributed by atoms with van der Waals surface area (Å²) in [6, 6.07) is 16.7. The third-order valence-corrected chi connectivity index (χ3v) is 5.77. The van der Waals surface area contributed by atoms with Crippen molar-refractivity contribution in [1.82, 2.24) is 19.7 Å². The summed E-state index contributed by atoms with van der Waals surface area (Å²) < 4.78 is 7.05. The van der Waals surface area contributed by atoms with Crippen LogP contribution in [0.2, 0.25) is 0 Å². The van der Waals surface area contributed by atoms with Crippen LogP contribution in [0.4, 0.5) is 5.95 Å². The zero-order valence-electron chi connectivity index (χ0n) is 19.8. The van der Waals surface area contributed by atoms with Crippen molar-refractivity contribution >= 4 is 23.6 Å². The lowest BCUT2D eigenvalue weighted by Gasteiger charge is -2.29. The third-order valence-electron chi connectivity index (χ3n) is 5.77. The van der Waals surface area contributed by atoms with Gasteiger partial charge in [0.15, 0.2) is 11.6 Å². The number of rotatable bonds is 7. The molecule has 182 valence electrons. The fourth-order valence-electron chi connectivity index (χ4n) is 3.80. The van der Waals surface area contributed by atoms with Gasteiger partial charge in [0.05, 0.1) is 13.2 Å². The van der Waals surface area contributed by atoms with E-state index in [0.717, 1.165) is 5.56 Å². The number of hydrogen-bond acceptors (Lipinski definition) is 6. The Kier molecular flexibility index (Phi) is 7.51.